The zero-order valence-corrected chi connectivity index (χ0v) is 11.0. The second-order valence-electron chi connectivity index (χ2n) is 4.39. The molecule has 104 valence electrons. The molecule has 0 spiro atoms. The molecule has 0 atom stereocenters. The van der Waals surface area contributed by atoms with Crippen LogP contribution in [0.2, 0.25) is 0 Å². The zero-order chi connectivity index (χ0) is 14.8. The highest BCUT2D eigenvalue weighted by atomic mass is 16.1. The predicted octanol–water partition coefficient (Wildman–Crippen LogP) is 1.01. The van der Waals surface area contributed by atoms with Crippen LogP contribution in [0.15, 0.2) is 48.8 Å². The lowest BCUT2D eigenvalue weighted by molar-refractivity contribution is 0.0994. The molecule has 7 nitrogen and oxygen atoms in total. The van der Waals surface area contributed by atoms with Gasteiger partial charge >= 0.3 is 0 Å². The molecule has 0 radical (unpaired) electrons. The molecule has 0 bridgehead atoms. The topological polar surface area (TPSA) is 113 Å². The molecule has 0 unspecified atom stereocenters. The fourth-order valence-electron chi connectivity index (χ4n) is 1.96. The number of primary amides is 1. The molecule has 21 heavy (non-hydrogen) atoms. The molecular weight excluding hydrogens is 268 g/mol. The van der Waals surface area contributed by atoms with Gasteiger partial charge in [-0.3, -0.25) is 9.36 Å². The van der Waals surface area contributed by atoms with E-state index in [4.69, 9.17) is 11.5 Å². The van der Waals surface area contributed by atoms with E-state index in [1.54, 1.807) is 29.1 Å². The first-order valence-electron chi connectivity index (χ1n) is 6.18. The van der Waals surface area contributed by atoms with Crippen molar-refractivity contribution in [1.82, 2.24) is 19.7 Å². The average molecular weight is 280 g/mol. The quantitative estimate of drug-likeness (QED) is 0.695. The first-order valence-corrected chi connectivity index (χ1v) is 6.18. The summed E-state index contributed by atoms with van der Waals surface area (Å²) in [6, 6.07) is 10.6. The Morgan fingerprint density at radius 3 is 2.67 bits per heavy atom. The van der Waals surface area contributed by atoms with Crippen molar-refractivity contribution in [2.24, 2.45) is 5.73 Å². The van der Waals surface area contributed by atoms with E-state index in [1.165, 1.54) is 6.07 Å². The second kappa shape index (κ2) is 5.04. The molecule has 0 aliphatic heterocycles. The number of rotatable bonds is 3. The standard InChI is InChI=1S/C14H12N6O/c15-10-3-1-2-9(8-10)14-17-6-7-20(14)12-5-4-11(13(16)21)18-19-12/h1-8H,15H2,(H2,16,21). The number of hydrogen-bond donors (Lipinski definition) is 2. The minimum atomic E-state index is -0.615. The number of hydrogen-bond acceptors (Lipinski definition) is 5. The highest BCUT2D eigenvalue weighted by Crippen LogP contribution is 2.22. The van der Waals surface area contributed by atoms with Crippen LogP contribution < -0.4 is 11.5 Å². The number of imidazole rings is 1. The van der Waals surface area contributed by atoms with Crippen molar-refractivity contribution >= 4 is 11.6 Å². The van der Waals surface area contributed by atoms with E-state index >= 15 is 0 Å². The Bertz CT molecular complexity index is 793. The van der Waals surface area contributed by atoms with Crippen LogP contribution in [0.5, 0.6) is 0 Å². The summed E-state index contributed by atoms with van der Waals surface area (Å²) in [7, 11) is 0. The zero-order valence-electron chi connectivity index (χ0n) is 11.0. The summed E-state index contributed by atoms with van der Waals surface area (Å²) in [4.78, 5) is 15.3. The number of carbonyl (C=O) groups excluding carboxylic acids is 1. The number of anilines is 1. The lowest BCUT2D eigenvalue weighted by Gasteiger charge is -2.07. The number of aromatic nitrogens is 4. The van der Waals surface area contributed by atoms with Gasteiger partial charge in [-0.1, -0.05) is 12.1 Å². The highest BCUT2D eigenvalue weighted by Gasteiger charge is 2.10. The summed E-state index contributed by atoms with van der Waals surface area (Å²) in [6.07, 6.45) is 3.41. The number of nitrogens with zero attached hydrogens (tertiary/aromatic N) is 4. The Labute approximate surface area is 120 Å². The van der Waals surface area contributed by atoms with E-state index in [0.29, 0.717) is 17.3 Å². The molecule has 0 saturated heterocycles. The number of carbonyl (C=O) groups is 1. The molecule has 0 aliphatic carbocycles. The summed E-state index contributed by atoms with van der Waals surface area (Å²) in [5.74, 6) is 0.606. The van der Waals surface area contributed by atoms with E-state index < -0.39 is 5.91 Å². The van der Waals surface area contributed by atoms with Crippen molar-refractivity contribution in [2.45, 2.75) is 0 Å². The number of benzene rings is 1. The molecule has 2 heterocycles. The van der Waals surface area contributed by atoms with Gasteiger partial charge in [0.2, 0.25) is 0 Å². The van der Waals surface area contributed by atoms with E-state index in [9.17, 15) is 4.79 Å². The van der Waals surface area contributed by atoms with Gasteiger partial charge in [-0.05, 0) is 24.3 Å². The minimum absolute atomic E-state index is 0.115. The summed E-state index contributed by atoms with van der Waals surface area (Å²) in [5, 5.41) is 7.78. The molecule has 3 rings (SSSR count). The third kappa shape index (κ3) is 2.44. The number of nitrogens with two attached hydrogens (primary N) is 2. The van der Waals surface area contributed by atoms with Gasteiger partial charge in [-0.15, -0.1) is 10.2 Å². The minimum Gasteiger partial charge on any atom is -0.399 e. The van der Waals surface area contributed by atoms with E-state index in [1.807, 2.05) is 18.2 Å². The Morgan fingerprint density at radius 1 is 1.14 bits per heavy atom. The Hall–Kier alpha value is -3.22. The average Bonchev–Trinajstić information content (AvgIpc) is 2.97. The van der Waals surface area contributed by atoms with Gasteiger partial charge in [0.05, 0.1) is 0 Å². The van der Waals surface area contributed by atoms with Crippen molar-refractivity contribution in [2.75, 3.05) is 5.73 Å². The number of amides is 1. The van der Waals surface area contributed by atoms with Crippen LogP contribution in [0, 0.1) is 0 Å². The smallest absolute Gasteiger partial charge is 0.269 e. The van der Waals surface area contributed by atoms with Crippen LogP contribution in [-0.2, 0) is 0 Å². The molecule has 0 aliphatic rings. The summed E-state index contributed by atoms with van der Waals surface area (Å²) in [6.45, 7) is 0. The monoisotopic (exact) mass is 280 g/mol. The highest BCUT2D eigenvalue weighted by molar-refractivity contribution is 5.90. The van der Waals surface area contributed by atoms with Crippen LogP contribution in [0.1, 0.15) is 10.5 Å². The lowest BCUT2D eigenvalue weighted by Crippen LogP contribution is -2.14. The molecule has 7 heteroatoms. The van der Waals surface area contributed by atoms with Crippen molar-refractivity contribution in [3.63, 3.8) is 0 Å². The van der Waals surface area contributed by atoms with Gasteiger partial charge in [0.1, 0.15) is 5.82 Å². The molecule has 4 N–H and O–H groups in total. The van der Waals surface area contributed by atoms with E-state index in [0.717, 1.165) is 5.56 Å². The van der Waals surface area contributed by atoms with Crippen molar-refractivity contribution in [3.05, 3.63) is 54.5 Å². The normalized spacial score (nSPS) is 10.5. The summed E-state index contributed by atoms with van der Waals surface area (Å²) < 4.78 is 1.76. The maximum absolute atomic E-state index is 11.0. The fourth-order valence-corrected chi connectivity index (χ4v) is 1.96. The fraction of sp³-hybridized carbons (Fsp3) is 0. The lowest BCUT2D eigenvalue weighted by atomic mass is 10.2. The van der Waals surface area contributed by atoms with E-state index in [-0.39, 0.29) is 5.69 Å². The van der Waals surface area contributed by atoms with Crippen LogP contribution in [0.3, 0.4) is 0 Å². The van der Waals surface area contributed by atoms with Crippen LogP contribution in [0.4, 0.5) is 5.69 Å². The van der Waals surface area contributed by atoms with Gasteiger partial charge in [0.25, 0.3) is 5.91 Å². The van der Waals surface area contributed by atoms with Gasteiger partial charge in [-0.2, -0.15) is 0 Å². The number of nitrogen functional groups attached to an aromatic ring is 1. The largest absolute Gasteiger partial charge is 0.399 e. The molecule has 3 aromatic rings. The van der Waals surface area contributed by atoms with Crippen LogP contribution in [-0.4, -0.2) is 25.7 Å². The van der Waals surface area contributed by atoms with Gasteiger partial charge in [0, 0.05) is 23.6 Å². The predicted molar refractivity (Wildman–Crippen MR) is 77.5 cm³/mol. The summed E-state index contributed by atoms with van der Waals surface area (Å²) in [5.41, 5.74) is 12.6. The van der Waals surface area contributed by atoms with Gasteiger partial charge < -0.3 is 11.5 Å². The second-order valence-corrected chi connectivity index (χ2v) is 4.39. The van der Waals surface area contributed by atoms with Crippen LogP contribution >= 0.6 is 0 Å². The van der Waals surface area contributed by atoms with Crippen molar-refractivity contribution < 1.29 is 4.79 Å². The molecule has 2 aromatic heterocycles. The Balaban J connectivity index is 2.04. The Kier molecular flexibility index (Phi) is 3.07. The molecule has 1 aromatic carbocycles. The third-order valence-corrected chi connectivity index (χ3v) is 2.94. The molecule has 1 amide bonds. The van der Waals surface area contributed by atoms with Crippen molar-refractivity contribution in [3.8, 4) is 17.2 Å². The third-order valence-electron chi connectivity index (χ3n) is 2.94. The molecular formula is C14H12N6O. The first-order chi connectivity index (χ1) is 10.1. The maximum atomic E-state index is 11.0. The van der Waals surface area contributed by atoms with Crippen LogP contribution in [0.25, 0.3) is 17.2 Å². The Morgan fingerprint density at radius 2 is 2.00 bits per heavy atom. The van der Waals surface area contributed by atoms with Gasteiger partial charge in [0.15, 0.2) is 11.5 Å². The van der Waals surface area contributed by atoms with Gasteiger partial charge in [-0.25, -0.2) is 4.98 Å². The maximum Gasteiger partial charge on any atom is 0.269 e. The van der Waals surface area contributed by atoms with Crippen molar-refractivity contribution in [1.29, 1.82) is 0 Å². The van der Waals surface area contributed by atoms with E-state index in [2.05, 4.69) is 15.2 Å². The molecule has 0 fully saturated rings. The first kappa shape index (κ1) is 12.8. The molecule has 0 saturated carbocycles. The summed E-state index contributed by atoms with van der Waals surface area (Å²) >= 11 is 0. The SMILES string of the molecule is NC(=O)c1ccc(-n2ccnc2-c2cccc(N)c2)nn1.